The van der Waals surface area contributed by atoms with E-state index in [0.29, 0.717) is 35.5 Å². The summed E-state index contributed by atoms with van der Waals surface area (Å²) in [5.41, 5.74) is 5.94. The summed E-state index contributed by atoms with van der Waals surface area (Å²) in [6.07, 6.45) is 9.19. The van der Waals surface area contributed by atoms with Gasteiger partial charge in [-0.3, -0.25) is 14.4 Å². The molecule has 2 amide bonds. The molecule has 1 aliphatic heterocycles. The number of urea groups is 1. The summed E-state index contributed by atoms with van der Waals surface area (Å²) in [4.78, 5) is 18.3. The first kappa shape index (κ1) is 43.4. The Bertz CT molecular complexity index is 2210. The van der Waals surface area contributed by atoms with Crippen LogP contribution in [0.15, 0.2) is 61.1 Å². The van der Waals surface area contributed by atoms with Crippen molar-refractivity contribution in [3.05, 3.63) is 77.9 Å². The maximum atomic E-state index is 13.8. The van der Waals surface area contributed by atoms with Gasteiger partial charge in [0.15, 0.2) is 14.0 Å². The zero-order valence-corrected chi connectivity index (χ0v) is 38.6. The Morgan fingerprint density at radius 3 is 2.38 bits per heavy atom. The molecule has 2 aliphatic rings. The number of carbonyl (C=O) groups excluding carboxylic acids is 1. The molecule has 5 aromatic rings. The molecule has 14 nitrogen and oxygen atoms in total. The Balaban J connectivity index is 1.05. The molecule has 3 atom stereocenters. The maximum absolute atomic E-state index is 13.8. The average Bonchev–Trinajstić information content (AvgIpc) is 4.01. The predicted octanol–water partition coefficient (Wildman–Crippen LogP) is 8.91. The number of rotatable bonds is 15. The van der Waals surface area contributed by atoms with Crippen LogP contribution in [-0.4, -0.2) is 93.2 Å². The molecule has 2 N–H and O–H groups in total. The summed E-state index contributed by atoms with van der Waals surface area (Å²) < 4.78 is 19.6. The summed E-state index contributed by atoms with van der Waals surface area (Å²) in [5.74, 6) is 2.17. The van der Waals surface area contributed by atoms with E-state index in [4.69, 9.17) is 19.4 Å². The van der Waals surface area contributed by atoms with Crippen molar-refractivity contribution in [3.8, 4) is 11.4 Å². The van der Waals surface area contributed by atoms with Gasteiger partial charge in [-0.15, -0.1) is 10.2 Å². The van der Waals surface area contributed by atoms with Crippen molar-refractivity contribution in [2.75, 3.05) is 44.0 Å². The molecule has 0 saturated carbocycles. The fraction of sp³-hybridized carbons (Fsp3) is 0.578. The van der Waals surface area contributed by atoms with Crippen LogP contribution in [0.4, 0.5) is 16.6 Å². The van der Waals surface area contributed by atoms with Crippen LogP contribution in [0, 0.1) is 0 Å². The quantitative estimate of drug-likeness (QED) is 0.0993. The molecular weight excluding hydrogens is 771 g/mol. The van der Waals surface area contributed by atoms with E-state index in [-0.39, 0.29) is 29.6 Å². The van der Waals surface area contributed by atoms with Crippen molar-refractivity contribution in [1.82, 2.24) is 44.4 Å². The molecule has 1 aliphatic carbocycles. The van der Waals surface area contributed by atoms with Crippen LogP contribution in [0.2, 0.25) is 16.6 Å². The van der Waals surface area contributed by atoms with Gasteiger partial charge in [0, 0.05) is 24.6 Å². The van der Waals surface area contributed by atoms with Crippen LogP contribution < -0.4 is 20.3 Å². The lowest BCUT2D eigenvalue weighted by Gasteiger charge is -2.43. The summed E-state index contributed by atoms with van der Waals surface area (Å²) in [7, 11) is 2.08. The largest absolute Gasteiger partial charge is 0.484 e. The molecule has 1 aromatic carbocycles. The second kappa shape index (κ2) is 17.7. The number of hydrogen-bond acceptors (Lipinski definition) is 9. The van der Waals surface area contributed by atoms with Gasteiger partial charge in [-0.25, -0.2) is 9.48 Å². The van der Waals surface area contributed by atoms with Gasteiger partial charge < -0.3 is 24.3 Å². The van der Waals surface area contributed by atoms with Crippen LogP contribution in [0.5, 0.6) is 5.75 Å². The normalized spacial score (nSPS) is 18.6. The number of fused-ring (bicyclic) bond motifs is 2. The molecule has 5 heterocycles. The van der Waals surface area contributed by atoms with Crippen molar-refractivity contribution >= 4 is 31.8 Å². The lowest BCUT2D eigenvalue weighted by atomic mass is 9.85. The molecule has 7 rings (SSSR count). The Morgan fingerprint density at radius 2 is 1.68 bits per heavy atom. The van der Waals surface area contributed by atoms with E-state index in [1.54, 1.807) is 10.9 Å². The van der Waals surface area contributed by atoms with Gasteiger partial charge in [0.25, 0.3) is 0 Å². The van der Waals surface area contributed by atoms with E-state index in [2.05, 4.69) is 109 Å². The van der Waals surface area contributed by atoms with Crippen molar-refractivity contribution in [3.63, 3.8) is 0 Å². The second-order valence-corrected chi connectivity index (χ2v) is 24.5. The predicted molar refractivity (Wildman–Crippen MR) is 241 cm³/mol. The zero-order valence-electron chi connectivity index (χ0n) is 37.6. The molecule has 15 heteroatoms. The van der Waals surface area contributed by atoms with E-state index in [1.165, 1.54) is 0 Å². The van der Waals surface area contributed by atoms with Gasteiger partial charge in [0.2, 0.25) is 5.95 Å². The lowest BCUT2D eigenvalue weighted by molar-refractivity contribution is 0.171. The van der Waals surface area contributed by atoms with E-state index in [1.807, 2.05) is 61.5 Å². The van der Waals surface area contributed by atoms with Crippen molar-refractivity contribution < 1.29 is 14.0 Å². The number of nitrogens with zero attached hydrogens (tertiary/aromatic N) is 9. The Kier molecular flexibility index (Phi) is 12.8. The highest BCUT2D eigenvalue weighted by Crippen LogP contribution is 2.43. The monoisotopic (exact) mass is 838 g/mol. The molecule has 4 aromatic heterocycles. The zero-order chi connectivity index (χ0) is 42.9. The van der Waals surface area contributed by atoms with Gasteiger partial charge in [-0.1, -0.05) is 86.6 Å². The van der Waals surface area contributed by atoms with E-state index in [9.17, 15) is 4.79 Å². The SMILES string of the molecule is CC(C)[Si](OC[C@@H]1CCCN1c1nnc2ccc(O[C@@H]3CC[C@H](NC(=O)Nc4cc(C(C)(C)C)nn4-c4cnn(CCN(C)C)c4)c4ccccc43)cn12)(C(C)C)C(C)C. The molecule has 0 bridgehead atoms. The fourth-order valence-corrected chi connectivity index (χ4v) is 15.0. The van der Waals surface area contributed by atoms with Gasteiger partial charge in [-0.05, 0) is 79.7 Å². The number of benzene rings is 1. The van der Waals surface area contributed by atoms with Gasteiger partial charge in [-0.2, -0.15) is 10.2 Å². The minimum absolute atomic E-state index is 0.186. The molecule has 0 radical (unpaired) electrons. The third-order valence-corrected chi connectivity index (χ3v) is 18.7. The van der Waals surface area contributed by atoms with Crippen LogP contribution in [0.1, 0.15) is 117 Å². The van der Waals surface area contributed by atoms with E-state index < -0.39 is 8.32 Å². The average molecular weight is 838 g/mol. The van der Waals surface area contributed by atoms with Crippen molar-refractivity contribution in [1.29, 1.82) is 0 Å². The maximum Gasteiger partial charge on any atom is 0.320 e. The minimum atomic E-state index is -2.01. The Labute approximate surface area is 357 Å². The Hall–Kier alpha value is -4.73. The number of aromatic nitrogens is 7. The highest BCUT2D eigenvalue weighted by atomic mass is 28.4. The summed E-state index contributed by atoms with van der Waals surface area (Å²) >= 11 is 0. The highest BCUT2D eigenvalue weighted by molar-refractivity contribution is 6.77. The minimum Gasteiger partial charge on any atom is -0.484 e. The van der Waals surface area contributed by atoms with Gasteiger partial charge >= 0.3 is 6.03 Å². The number of hydrogen-bond donors (Lipinski definition) is 2. The van der Waals surface area contributed by atoms with Crippen LogP contribution in [-0.2, 0) is 16.4 Å². The van der Waals surface area contributed by atoms with Crippen molar-refractivity contribution in [2.45, 2.75) is 135 Å². The number of pyridine rings is 1. The third kappa shape index (κ3) is 8.98. The summed E-state index contributed by atoms with van der Waals surface area (Å²) in [6, 6.07) is 13.9. The standard InChI is InChI=1S/C45H67N11O3Si/c1-30(2)60(31(3)4,32(5)6)58-29-33-15-14-22-54(33)44-50-49-41-21-18-35(28-55(41)44)59-39-20-19-38(36-16-12-13-17-37(36)39)47-43(57)48-42-25-40(45(7,8)9)51-56(42)34-26-46-53(27-34)24-23-52(10)11/h12-13,16-18,21,25-28,30-33,38-39H,14-15,19-20,22-24,29H2,1-11H3,(H2,47,48,57)/t33-,38-,39+/m0/s1. The number of ether oxygens (including phenoxy) is 1. The summed E-state index contributed by atoms with van der Waals surface area (Å²) in [6.45, 7) is 23.6. The first-order valence-electron chi connectivity index (χ1n) is 21.9. The number of anilines is 2. The van der Waals surface area contributed by atoms with Gasteiger partial charge in [0.05, 0.1) is 49.5 Å². The lowest BCUT2D eigenvalue weighted by Crippen LogP contribution is -2.50. The van der Waals surface area contributed by atoms with Crippen LogP contribution in [0.25, 0.3) is 11.3 Å². The van der Waals surface area contributed by atoms with Crippen LogP contribution in [0.3, 0.4) is 0 Å². The fourth-order valence-electron chi connectivity index (χ4n) is 9.56. The smallest absolute Gasteiger partial charge is 0.320 e. The van der Waals surface area contributed by atoms with E-state index >= 15 is 0 Å². The summed E-state index contributed by atoms with van der Waals surface area (Å²) in [5, 5.41) is 25.1. The number of amides is 2. The Morgan fingerprint density at radius 1 is 0.950 bits per heavy atom. The molecule has 0 spiro atoms. The van der Waals surface area contributed by atoms with Crippen molar-refractivity contribution in [2.24, 2.45) is 0 Å². The van der Waals surface area contributed by atoms with Gasteiger partial charge in [0.1, 0.15) is 23.4 Å². The molecular formula is C45H67N11O3Si. The number of likely N-dealkylation sites (N-methyl/N-ethyl adjacent to an activating group) is 1. The van der Waals surface area contributed by atoms with Crippen LogP contribution >= 0.6 is 0 Å². The third-order valence-electron chi connectivity index (χ3n) is 12.6. The molecule has 0 unspecified atom stereocenters. The molecule has 60 heavy (non-hydrogen) atoms. The number of carbonyl (C=O) groups is 1. The highest BCUT2D eigenvalue weighted by Gasteiger charge is 2.46. The molecule has 1 fully saturated rings. The first-order chi connectivity index (χ1) is 28.5. The molecule has 324 valence electrons. The van der Waals surface area contributed by atoms with E-state index in [0.717, 1.165) is 78.7 Å². The first-order valence-corrected chi connectivity index (χ1v) is 24.1. The molecule has 1 saturated heterocycles. The second-order valence-electron chi connectivity index (χ2n) is 19.0. The topological polar surface area (TPSA) is 132 Å². The number of nitrogens with one attached hydrogen (secondary N) is 2.